The molecule has 0 aromatic heterocycles. The molecule has 53 heavy (non-hydrogen) atoms. The zero-order valence-corrected chi connectivity index (χ0v) is 30.7. The Balaban J connectivity index is 1.02. The summed E-state index contributed by atoms with van der Waals surface area (Å²) < 4.78 is 81.9. The molecule has 6 rings (SSSR count). The standard InChI is InChI=1S/C29H32N2O18P4/c1-17-5-4-8-21(11-17)23-13-22-14-31(29(34)30-27(22)45-23)28-26(33)25(32)24(46-28)16-44-51(37,38)48-53(41,42)49-52(39,40)47-50(35,36)43-15-18-9-10-19-6-2-3-7-20(19)12-18/h2-14,24-28,32-33H,15-16H2,1H3,(H,30,34)(H,35,36)(H,37,38)(H,39,40)(H,41,42)/t24-,25+,26?,27?,28-/m1/s1. The number of carbonyl (C=O) groups is 1. The molecule has 3 aromatic carbocycles. The number of hydrogen-bond donors (Lipinski definition) is 7. The van der Waals surface area contributed by atoms with Crippen molar-refractivity contribution in [3.8, 4) is 0 Å². The zero-order chi connectivity index (χ0) is 38.3. The van der Waals surface area contributed by atoms with Crippen LogP contribution < -0.4 is 5.32 Å². The van der Waals surface area contributed by atoms with Crippen molar-refractivity contribution in [2.24, 2.45) is 0 Å². The van der Waals surface area contributed by atoms with Crippen LogP contribution in [0, 0.1) is 6.92 Å². The second kappa shape index (κ2) is 15.2. The number of aryl methyl sites for hydroxylation is 1. The first-order valence-corrected chi connectivity index (χ1v) is 21.3. The molecule has 24 heteroatoms. The molecule has 3 aliphatic heterocycles. The van der Waals surface area contributed by atoms with Crippen molar-refractivity contribution in [2.75, 3.05) is 6.61 Å². The summed E-state index contributed by atoms with van der Waals surface area (Å²) in [5, 5.41) is 25.4. The average Bonchev–Trinajstić information content (AvgIpc) is 3.60. The molecule has 0 spiro atoms. The van der Waals surface area contributed by atoms with Crippen LogP contribution >= 0.6 is 31.3 Å². The Hall–Kier alpha value is -3.09. The van der Waals surface area contributed by atoms with Crippen molar-refractivity contribution < 1.29 is 84.3 Å². The molecule has 0 saturated carbocycles. The number of nitrogens with one attached hydrogen (secondary N) is 1. The van der Waals surface area contributed by atoms with E-state index >= 15 is 0 Å². The van der Waals surface area contributed by atoms with Crippen molar-refractivity contribution >= 4 is 53.9 Å². The SMILES string of the molecule is Cc1cccc(C2=CC3=CN([C@@H]4O[C@H](COP(=O)(O)OP(=O)(O)OP(=O)(O)OP(=O)(O)OCc5ccc6ccccc6c5)[C@H](O)C4O)C(=O)NC3O2)c1. The summed E-state index contributed by atoms with van der Waals surface area (Å²) in [6.45, 7) is 0.166. The van der Waals surface area contributed by atoms with Crippen LogP contribution in [0.3, 0.4) is 0 Å². The molecule has 7 N–H and O–H groups in total. The monoisotopic (exact) mass is 820 g/mol. The Bertz CT molecular complexity index is 2160. The summed E-state index contributed by atoms with van der Waals surface area (Å²) in [6.07, 6.45) is -4.77. The van der Waals surface area contributed by atoms with Gasteiger partial charge in [-0.1, -0.05) is 60.2 Å². The third-order valence-electron chi connectivity index (χ3n) is 7.77. The average molecular weight is 820 g/mol. The zero-order valence-electron chi connectivity index (χ0n) is 27.1. The van der Waals surface area contributed by atoms with Gasteiger partial charge in [0.2, 0.25) is 6.23 Å². The van der Waals surface area contributed by atoms with Gasteiger partial charge in [0.15, 0.2) is 6.23 Å². The minimum absolute atomic E-state index is 0.345. The Morgan fingerprint density at radius 1 is 0.792 bits per heavy atom. The van der Waals surface area contributed by atoms with E-state index in [-0.39, 0.29) is 0 Å². The van der Waals surface area contributed by atoms with Crippen LogP contribution in [0.2, 0.25) is 0 Å². The van der Waals surface area contributed by atoms with Crippen molar-refractivity contribution in [1.29, 1.82) is 0 Å². The molecule has 20 nitrogen and oxygen atoms in total. The highest BCUT2D eigenvalue weighted by Gasteiger charge is 2.50. The van der Waals surface area contributed by atoms with Crippen molar-refractivity contribution in [3.05, 3.63) is 101 Å². The number of hydrogen-bond acceptors (Lipinski definition) is 14. The summed E-state index contributed by atoms with van der Waals surface area (Å²) in [6, 6.07) is 18.5. The summed E-state index contributed by atoms with van der Waals surface area (Å²) in [5.74, 6) is 0.454. The van der Waals surface area contributed by atoms with E-state index in [9.17, 15) is 52.8 Å². The smallest absolute Gasteiger partial charge is 0.466 e. The number of benzene rings is 3. The van der Waals surface area contributed by atoms with Gasteiger partial charge < -0.3 is 39.3 Å². The largest absolute Gasteiger partial charge is 0.490 e. The molecule has 286 valence electrons. The predicted molar refractivity (Wildman–Crippen MR) is 180 cm³/mol. The van der Waals surface area contributed by atoms with Crippen LogP contribution in [0.4, 0.5) is 4.79 Å². The fraction of sp³-hybridized carbons (Fsp3) is 0.276. The van der Waals surface area contributed by atoms with Crippen molar-refractivity contribution in [1.82, 2.24) is 10.2 Å². The summed E-state index contributed by atoms with van der Waals surface area (Å²) in [5.41, 5.74) is 2.51. The Morgan fingerprint density at radius 3 is 2.15 bits per heavy atom. The fourth-order valence-corrected chi connectivity index (χ4v) is 10.4. The highest BCUT2D eigenvalue weighted by molar-refractivity contribution is 7.69. The number of fused-ring (bicyclic) bond motifs is 2. The summed E-state index contributed by atoms with van der Waals surface area (Å²) >= 11 is 0. The maximum absolute atomic E-state index is 12.9. The maximum atomic E-state index is 12.9. The number of aliphatic hydroxyl groups excluding tert-OH is 2. The van der Waals surface area contributed by atoms with E-state index in [2.05, 4.69) is 27.3 Å². The Labute approximate surface area is 300 Å². The van der Waals surface area contributed by atoms with E-state index in [1.54, 1.807) is 42.5 Å². The molecule has 6 unspecified atom stereocenters. The topological polar surface area (TPSA) is 287 Å². The lowest BCUT2D eigenvalue weighted by Gasteiger charge is -2.33. The summed E-state index contributed by atoms with van der Waals surface area (Å²) in [4.78, 5) is 53.5. The number of amides is 2. The van der Waals surface area contributed by atoms with E-state index in [4.69, 9.17) is 9.47 Å². The van der Waals surface area contributed by atoms with E-state index in [0.717, 1.165) is 26.8 Å². The molecule has 1 saturated heterocycles. The molecule has 1 fully saturated rings. The van der Waals surface area contributed by atoms with E-state index in [1.165, 1.54) is 12.3 Å². The third-order valence-corrected chi connectivity index (χ3v) is 13.6. The normalized spacial score (nSPS) is 27.3. The van der Waals surface area contributed by atoms with Crippen LogP contribution in [0.1, 0.15) is 16.7 Å². The van der Waals surface area contributed by atoms with Gasteiger partial charge in [0.05, 0.1) is 13.2 Å². The Morgan fingerprint density at radius 2 is 1.45 bits per heavy atom. The van der Waals surface area contributed by atoms with Crippen LogP contribution in [-0.2, 0) is 56.3 Å². The van der Waals surface area contributed by atoms with Crippen LogP contribution in [0.5, 0.6) is 0 Å². The number of ether oxygens (including phenoxy) is 2. The van der Waals surface area contributed by atoms with Gasteiger partial charge in [-0.15, -0.1) is 0 Å². The second-order valence-corrected chi connectivity index (χ2v) is 18.0. The number of aliphatic hydroxyl groups is 2. The van der Waals surface area contributed by atoms with Crippen molar-refractivity contribution in [2.45, 2.75) is 44.3 Å². The number of phosphoric acid groups is 4. The van der Waals surface area contributed by atoms with Gasteiger partial charge in [-0.25, -0.2) is 23.1 Å². The molecule has 0 bridgehead atoms. The van der Waals surface area contributed by atoms with E-state index < -0.39 is 81.3 Å². The first kappa shape index (κ1) is 39.6. The number of nitrogens with zero attached hydrogens (tertiary/aromatic N) is 1. The molecule has 2 amide bonds. The highest BCUT2D eigenvalue weighted by atomic mass is 31.3. The minimum atomic E-state index is -6.10. The van der Waals surface area contributed by atoms with Crippen LogP contribution in [-0.4, -0.2) is 78.1 Å². The van der Waals surface area contributed by atoms with Gasteiger partial charge in [-0.05, 0) is 41.5 Å². The van der Waals surface area contributed by atoms with Gasteiger partial charge in [0.1, 0.15) is 24.1 Å². The lowest BCUT2D eigenvalue weighted by atomic mass is 10.1. The number of phosphoric ester groups is 2. The molecular weight excluding hydrogens is 788 g/mol. The minimum Gasteiger partial charge on any atom is -0.466 e. The van der Waals surface area contributed by atoms with Crippen molar-refractivity contribution in [3.63, 3.8) is 0 Å². The summed E-state index contributed by atoms with van der Waals surface area (Å²) in [7, 11) is -23.3. The molecular formula is C29H32N2O18P4. The quantitative estimate of drug-likeness (QED) is 0.114. The number of carbonyl (C=O) groups excluding carboxylic acids is 1. The van der Waals surface area contributed by atoms with Gasteiger partial charge >= 0.3 is 37.3 Å². The molecule has 3 aliphatic rings. The first-order valence-electron chi connectivity index (χ1n) is 15.3. The van der Waals surface area contributed by atoms with Gasteiger partial charge in [0, 0.05) is 17.3 Å². The molecule has 9 atom stereocenters. The van der Waals surface area contributed by atoms with Gasteiger partial charge in [-0.3, -0.25) is 19.3 Å². The van der Waals surface area contributed by atoms with Gasteiger partial charge in [-0.2, -0.15) is 12.9 Å². The molecule has 3 heterocycles. The van der Waals surface area contributed by atoms with Crippen LogP contribution in [0.25, 0.3) is 16.5 Å². The Kier molecular flexibility index (Phi) is 11.4. The lowest BCUT2D eigenvalue weighted by Crippen LogP contribution is -2.54. The van der Waals surface area contributed by atoms with E-state index in [0.29, 0.717) is 16.9 Å². The van der Waals surface area contributed by atoms with E-state index in [1.807, 2.05) is 31.2 Å². The highest BCUT2D eigenvalue weighted by Crippen LogP contribution is 2.71. The molecule has 0 aliphatic carbocycles. The number of rotatable bonds is 14. The lowest BCUT2D eigenvalue weighted by molar-refractivity contribution is -0.0671. The molecule has 0 radical (unpaired) electrons. The van der Waals surface area contributed by atoms with Gasteiger partial charge in [0.25, 0.3) is 0 Å². The first-order chi connectivity index (χ1) is 24.8. The second-order valence-electron chi connectivity index (χ2n) is 11.8. The maximum Gasteiger partial charge on any atom is 0.490 e. The fourth-order valence-electron chi connectivity index (χ4n) is 5.44. The third kappa shape index (κ3) is 9.78. The predicted octanol–water partition coefficient (Wildman–Crippen LogP) is 3.89. The van der Waals surface area contributed by atoms with Crippen LogP contribution in [0.15, 0.2) is 84.6 Å². The molecule has 3 aromatic rings. The number of urea groups is 1.